The van der Waals surface area contributed by atoms with E-state index in [1.807, 2.05) is 6.07 Å². The van der Waals surface area contributed by atoms with Gasteiger partial charge in [0.05, 0.1) is 18.0 Å². The third-order valence-electron chi connectivity index (χ3n) is 5.81. The van der Waals surface area contributed by atoms with Crippen LogP contribution in [0, 0.1) is 0 Å². The first kappa shape index (κ1) is 19.0. The summed E-state index contributed by atoms with van der Waals surface area (Å²) in [7, 11) is 0. The van der Waals surface area contributed by atoms with Crippen molar-refractivity contribution in [3.8, 4) is 0 Å². The monoisotopic (exact) mass is 380 g/mol. The quantitative estimate of drug-likeness (QED) is 0.830. The van der Waals surface area contributed by atoms with Gasteiger partial charge in [-0.05, 0) is 43.4 Å². The predicted octanol–water partition coefficient (Wildman–Crippen LogP) is 3.74. The molecule has 1 aromatic carbocycles. The number of piperidine rings is 1. The third kappa shape index (κ3) is 4.72. The Bertz CT molecular complexity index is 777. The molecule has 148 valence electrons. The number of amides is 1. The molecule has 1 amide bonds. The van der Waals surface area contributed by atoms with E-state index in [0.29, 0.717) is 12.3 Å². The highest BCUT2D eigenvalue weighted by atomic mass is 16.5. The van der Waals surface area contributed by atoms with Crippen molar-refractivity contribution in [1.29, 1.82) is 0 Å². The summed E-state index contributed by atoms with van der Waals surface area (Å²) in [5, 5.41) is 2.92. The molecule has 2 aliphatic heterocycles. The van der Waals surface area contributed by atoms with Gasteiger partial charge in [-0.3, -0.25) is 9.69 Å². The Hall–Kier alpha value is -2.37. The molecule has 2 aromatic rings. The highest BCUT2D eigenvalue weighted by Crippen LogP contribution is 2.38. The molecule has 1 aromatic heterocycles. The molecule has 0 radical (unpaired) electrons. The number of carbonyl (C=O) groups excluding carboxylic acids is 1. The molecule has 0 aliphatic carbocycles. The van der Waals surface area contributed by atoms with Gasteiger partial charge in [-0.2, -0.15) is 0 Å². The van der Waals surface area contributed by atoms with Gasteiger partial charge >= 0.3 is 0 Å². The van der Waals surface area contributed by atoms with Gasteiger partial charge in [0.15, 0.2) is 5.76 Å². The lowest BCUT2D eigenvalue weighted by Gasteiger charge is -2.38. The summed E-state index contributed by atoms with van der Waals surface area (Å²) in [6.07, 6.45) is 10.3. The first-order valence-corrected chi connectivity index (χ1v) is 10.2. The van der Waals surface area contributed by atoms with Crippen LogP contribution in [0.2, 0.25) is 0 Å². The van der Waals surface area contributed by atoms with E-state index in [-0.39, 0.29) is 17.6 Å². The Morgan fingerprint density at radius 3 is 2.71 bits per heavy atom. The summed E-state index contributed by atoms with van der Waals surface area (Å²) in [5.74, 6) is 0.180. The highest BCUT2D eigenvalue weighted by Gasteiger charge is 2.42. The molecule has 0 bridgehead atoms. The van der Waals surface area contributed by atoms with E-state index in [2.05, 4.69) is 46.6 Å². The highest BCUT2D eigenvalue weighted by molar-refractivity contribution is 5.91. The number of likely N-dealkylation sites (tertiary alicyclic amines) is 1. The Balaban J connectivity index is 1.19. The molecule has 28 heavy (non-hydrogen) atoms. The van der Waals surface area contributed by atoms with Gasteiger partial charge in [0.2, 0.25) is 0 Å². The number of rotatable bonds is 6. The third-order valence-corrected chi connectivity index (χ3v) is 5.81. The smallest absolute Gasteiger partial charge is 0.287 e. The Morgan fingerprint density at radius 1 is 1.14 bits per heavy atom. The molecule has 3 heterocycles. The lowest BCUT2D eigenvalue weighted by atomic mass is 9.88. The number of hydrogen-bond acceptors (Lipinski definition) is 4. The summed E-state index contributed by atoms with van der Waals surface area (Å²) in [6.45, 7) is 3.65. The SMILES string of the molecule is O=C(NC[C@H]1CCC2(CCN(C/C=C/c3ccccc3)CC2)O1)c1ccco1. The van der Waals surface area contributed by atoms with Crippen LogP contribution in [-0.2, 0) is 4.74 Å². The van der Waals surface area contributed by atoms with Crippen LogP contribution in [0.4, 0.5) is 0 Å². The minimum atomic E-state index is -0.172. The van der Waals surface area contributed by atoms with Crippen molar-refractivity contribution < 1.29 is 13.9 Å². The van der Waals surface area contributed by atoms with Crippen molar-refractivity contribution in [3.63, 3.8) is 0 Å². The van der Waals surface area contributed by atoms with Crippen LogP contribution < -0.4 is 5.32 Å². The average molecular weight is 380 g/mol. The zero-order chi connectivity index (χ0) is 19.2. The van der Waals surface area contributed by atoms with Crippen LogP contribution in [0.25, 0.3) is 6.08 Å². The van der Waals surface area contributed by atoms with E-state index in [9.17, 15) is 4.79 Å². The topological polar surface area (TPSA) is 54.7 Å². The van der Waals surface area contributed by atoms with E-state index >= 15 is 0 Å². The minimum Gasteiger partial charge on any atom is -0.459 e. The number of furan rings is 1. The molecule has 0 unspecified atom stereocenters. The number of benzene rings is 1. The fourth-order valence-electron chi connectivity index (χ4n) is 4.15. The normalized spacial score (nSPS) is 22.1. The lowest BCUT2D eigenvalue weighted by Crippen LogP contribution is -2.45. The van der Waals surface area contributed by atoms with Crippen LogP contribution in [0.15, 0.2) is 59.2 Å². The van der Waals surface area contributed by atoms with Gasteiger partial charge in [0.25, 0.3) is 5.91 Å². The fourth-order valence-corrected chi connectivity index (χ4v) is 4.15. The van der Waals surface area contributed by atoms with Crippen LogP contribution in [0.1, 0.15) is 41.8 Å². The molecule has 2 aliphatic rings. The zero-order valence-corrected chi connectivity index (χ0v) is 16.2. The zero-order valence-electron chi connectivity index (χ0n) is 16.2. The standard InChI is InChI=1S/C23H28N2O3/c26-22(21-9-5-17-27-21)24-18-20-10-11-23(28-20)12-15-25(16-13-23)14-4-8-19-6-2-1-3-7-19/h1-9,17,20H,10-16,18H2,(H,24,26)/b8-4+/t20-/m1/s1. The second kappa shape index (κ2) is 8.76. The predicted molar refractivity (Wildman–Crippen MR) is 109 cm³/mol. The molecule has 0 saturated carbocycles. The first-order chi connectivity index (χ1) is 13.7. The summed E-state index contributed by atoms with van der Waals surface area (Å²) < 4.78 is 11.5. The van der Waals surface area contributed by atoms with Crippen molar-refractivity contribution >= 4 is 12.0 Å². The summed E-state index contributed by atoms with van der Waals surface area (Å²) in [5.41, 5.74) is 1.24. The van der Waals surface area contributed by atoms with Gasteiger partial charge in [-0.25, -0.2) is 0 Å². The fraction of sp³-hybridized carbons (Fsp3) is 0.435. The molecular weight excluding hydrogens is 352 g/mol. The number of hydrogen-bond donors (Lipinski definition) is 1. The molecule has 1 atom stereocenters. The Kier molecular flexibility index (Phi) is 5.93. The van der Waals surface area contributed by atoms with Gasteiger partial charge in [0, 0.05) is 26.2 Å². The molecule has 5 nitrogen and oxygen atoms in total. The van der Waals surface area contributed by atoms with Crippen molar-refractivity contribution in [1.82, 2.24) is 10.2 Å². The minimum absolute atomic E-state index is 0.000277. The number of carbonyl (C=O) groups is 1. The van der Waals surface area contributed by atoms with E-state index in [1.54, 1.807) is 12.1 Å². The van der Waals surface area contributed by atoms with Gasteiger partial charge in [0.1, 0.15) is 0 Å². The maximum absolute atomic E-state index is 12.0. The second-order valence-corrected chi connectivity index (χ2v) is 7.76. The largest absolute Gasteiger partial charge is 0.459 e. The maximum Gasteiger partial charge on any atom is 0.287 e. The Morgan fingerprint density at radius 2 is 1.96 bits per heavy atom. The van der Waals surface area contributed by atoms with E-state index < -0.39 is 0 Å². The Labute approximate surface area is 166 Å². The van der Waals surface area contributed by atoms with Crippen molar-refractivity contribution in [3.05, 3.63) is 66.1 Å². The van der Waals surface area contributed by atoms with Crippen molar-refractivity contribution in [2.24, 2.45) is 0 Å². The number of nitrogens with zero attached hydrogens (tertiary/aromatic N) is 1. The molecule has 2 saturated heterocycles. The second-order valence-electron chi connectivity index (χ2n) is 7.76. The average Bonchev–Trinajstić information content (AvgIpc) is 3.40. The molecule has 5 heteroatoms. The van der Waals surface area contributed by atoms with Crippen LogP contribution in [-0.4, -0.2) is 48.7 Å². The van der Waals surface area contributed by atoms with E-state index in [1.165, 1.54) is 11.8 Å². The van der Waals surface area contributed by atoms with Gasteiger partial charge in [-0.15, -0.1) is 0 Å². The maximum atomic E-state index is 12.0. The van der Waals surface area contributed by atoms with Crippen LogP contribution in [0.3, 0.4) is 0 Å². The van der Waals surface area contributed by atoms with Crippen LogP contribution in [0.5, 0.6) is 0 Å². The van der Waals surface area contributed by atoms with E-state index in [0.717, 1.165) is 45.3 Å². The molecule has 1 N–H and O–H groups in total. The lowest BCUT2D eigenvalue weighted by molar-refractivity contribution is -0.0741. The van der Waals surface area contributed by atoms with Gasteiger partial charge < -0.3 is 14.5 Å². The van der Waals surface area contributed by atoms with Crippen molar-refractivity contribution in [2.75, 3.05) is 26.2 Å². The van der Waals surface area contributed by atoms with Crippen LogP contribution >= 0.6 is 0 Å². The summed E-state index contributed by atoms with van der Waals surface area (Å²) in [6, 6.07) is 13.8. The molecular formula is C23H28N2O3. The number of nitrogens with one attached hydrogen (secondary N) is 1. The van der Waals surface area contributed by atoms with E-state index in [4.69, 9.17) is 9.15 Å². The van der Waals surface area contributed by atoms with Crippen molar-refractivity contribution in [2.45, 2.75) is 37.4 Å². The molecule has 1 spiro atoms. The number of ether oxygens (including phenoxy) is 1. The summed E-state index contributed by atoms with van der Waals surface area (Å²) >= 11 is 0. The first-order valence-electron chi connectivity index (χ1n) is 10.2. The van der Waals surface area contributed by atoms with Gasteiger partial charge in [-0.1, -0.05) is 42.5 Å². The molecule has 4 rings (SSSR count). The summed E-state index contributed by atoms with van der Waals surface area (Å²) in [4.78, 5) is 14.5. The molecule has 2 fully saturated rings.